The first kappa shape index (κ1) is 19.4. The van der Waals surface area contributed by atoms with Crippen LogP contribution < -0.4 is 5.32 Å². The van der Waals surface area contributed by atoms with Gasteiger partial charge in [-0.25, -0.2) is 0 Å². The van der Waals surface area contributed by atoms with Crippen LogP contribution in [0.4, 0.5) is 5.88 Å². The maximum atomic E-state index is 12.8. The number of hydrogen-bond acceptors (Lipinski definition) is 5. The van der Waals surface area contributed by atoms with Crippen molar-refractivity contribution < 1.29 is 14.1 Å². The number of aromatic nitrogens is 1. The van der Waals surface area contributed by atoms with Crippen molar-refractivity contribution in [3.63, 3.8) is 0 Å². The Balaban J connectivity index is 1.59. The first-order valence-electron chi connectivity index (χ1n) is 9.80. The lowest BCUT2D eigenvalue weighted by atomic mass is 9.88. The van der Waals surface area contributed by atoms with Crippen molar-refractivity contribution in [2.24, 2.45) is 5.92 Å². The minimum atomic E-state index is -0.0955. The number of ether oxygens (including phenoxy) is 1. The lowest BCUT2D eigenvalue weighted by Crippen LogP contribution is -2.44. The summed E-state index contributed by atoms with van der Waals surface area (Å²) in [6.45, 7) is 13.3. The number of anilines is 1. The Hall–Kier alpha value is -1.40. The molecule has 1 amide bonds. The SMILES string of the molecule is CC1(C)CC(CN2CCC[C@H]2C(=O)Nc2cc(C(C)(C)C)no2)CCO1. The standard InChI is InChI=1S/C20H33N3O3/c1-19(2,3)16-11-17(26-22-16)21-18(24)15-7-6-9-23(15)13-14-8-10-25-20(4,5)12-14/h11,14-15H,6-10,12-13H2,1-5H3,(H,21,24)/t14?,15-/m0/s1. The zero-order valence-corrected chi connectivity index (χ0v) is 16.8. The Bertz CT molecular complexity index is 632. The van der Waals surface area contributed by atoms with Gasteiger partial charge in [-0.3, -0.25) is 15.0 Å². The van der Waals surface area contributed by atoms with Crippen LogP contribution >= 0.6 is 0 Å². The van der Waals surface area contributed by atoms with E-state index in [1.54, 1.807) is 0 Å². The summed E-state index contributed by atoms with van der Waals surface area (Å²) in [4.78, 5) is 15.1. The van der Waals surface area contributed by atoms with E-state index in [-0.39, 0.29) is 23.0 Å². The van der Waals surface area contributed by atoms with Gasteiger partial charge in [0.2, 0.25) is 11.8 Å². The van der Waals surface area contributed by atoms with E-state index in [1.165, 1.54) is 0 Å². The fourth-order valence-electron chi connectivity index (χ4n) is 4.08. The van der Waals surface area contributed by atoms with Crippen LogP contribution in [0.5, 0.6) is 0 Å². The minimum Gasteiger partial charge on any atom is -0.376 e. The minimum absolute atomic E-state index is 0.0189. The van der Waals surface area contributed by atoms with Gasteiger partial charge in [-0.05, 0) is 52.0 Å². The zero-order valence-electron chi connectivity index (χ0n) is 16.8. The molecule has 2 saturated heterocycles. The molecular weight excluding hydrogens is 330 g/mol. The summed E-state index contributed by atoms with van der Waals surface area (Å²) in [5.41, 5.74) is 0.700. The molecule has 0 saturated carbocycles. The molecule has 1 aromatic rings. The third-order valence-electron chi connectivity index (χ3n) is 5.48. The van der Waals surface area contributed by atoms with Gasteiger partial charge in [0.1, 0.15) is 0 Å². The highest BCUT2D eigenvalue weighted by Gasteiger charge is 2.36. The molecule has 0 spiro atoms. The predicted molar refractivity (Wildman–Crippen MR) is 101 cm³/mol. The fraction of sp³-hybridized carbons (Fsp3) is 0.800. The number of rotatable bonds is 4. The highest BCUT2D eigenvalue weighted by molar-refractivity contribution is 5.93. The number of likely N-dealkylation sites (tertiary alicyclic amines) is 1. The van der Waals surface area contributed by atoms with Crippen molar-refractivity contribution in [1.29, 1.82) is 0 Å². The van der Waals surface area contributed by atoms with E-state index in [9.17, 15) is 4.79 Å². The molecule has 1 unspecified atom stereocenters. The van der Waals surface area contributed by atoms with Crippen LogP contribution in [0.3, 0.4) is 0 Å². The van der Waals surface area contributed by atoms with Crippen molar-refractivity contribution in [1.82, 2.24) is 10.1 Å². The molecule has 2 fully saturated rings. The summed E-state index contributed by atoms with van der Waals surface area (Å²) >= 11 is 0. The third-order valence-corrected chi connectivity index (χ3v) is 5.48. The molecule has 6 nitrogen and oxygen atoms in total. The highest BCUT2D eigenvalue weighted by Crippen LogP contribution is 2.31. The van der Waals surface area contributed by atoms with E-state index in [0.717, 1.165) is 51.1 Å². The molecule has 1 N–H and O–H groups in total. The number of amides is 1. The number of nitrogens with one attached hydrogen (secondary N) is 1. The van der Waals surface area contributed by atoms with Crippen LogP contribution in [0.15, 0.2) is 10.6 Å². The van der Waals surface area contributed by atoms with E-state index >= 15 is 0 Å². The van der Waals surface area contributed by atoms with E-state index in [1.807, 2.05) is 6.07 Å². The van der Waals surface area contributed by atoms with Gasteiger partial charge in [0.25, 0.3) is 0 Å². The summed E-state index contributed by atoms with van der Waals surface area (Å²) in [5.74, 6) is 1.05. The lowest BCUT2D eigenvalue weighted by Gasteiger charge is -2.38. The van der Waals surface area contributed by atoms with Crippen LogP contribution in [0, 0.1) is 5.92 Å². The number of nitrogens with zero attached hydrogens (tertiary/aromatic N) is 2. The van der Waals surface area contributed by atoms with Crippen molar-refractivity contribution in [3.05, 3.63) is 11.8 Å². The van der Waals surface area contributed by atoms with Crippen molar-refractivity contribution >= 4 is 11.8 Å². The smallest absolute Gasteiger partial charge is 0.244 e. The van der Waals surface area contributed by atoms with Gasteiger partial charge < -0.3 is 9.26 Å². The van der Waals surface area contributed by atoms with Crippen LogP contribution in [0.25, 0.3) is 0 Å². The summed E-state index contributed by atoms with van der Waals surface area (Å²) in [5, 5.41) is 7.00. The van der Waals surface area contributed by atoms with Gasteiger partial charge in [-0.15, -0.1) is 0 Å². The normalized spacial score (nSPS) is 26.8. The maximum absolute atomic E-state index is 12.8. The second-order valence-electron chi connectivity index (χ2n) is 9.44. The Labute approximate surface area is 156 Å². The summed E-state index contributed by atoms with van der Waals surface area (Å²) in [6, 6.07) is 1.75. The van der Waals surface area contributed by atoms with Crippen LogP contribution in [0.1, 0.15) is 66.0 Å². The van der Waals surface area contributed by atoms with Gasteiger partial charge in [-0.1, -0.05) is 25.9 Å². The van der Waals surface area contributed by atoms with Crippen LogP contribution in [-0.4, -0.2) is 47.3 Å². The van der Waals surface area contributed by atoms with E-state index in [2.05, 4.69) is 50.0 Å². The quantitative estimate of drug-likeness (QED) is 0.885. The molecule has 26 heavy (non-hydrogen) atoms. The van der Waals surface area contributed by atoms with Gasteiger partial charge in [0.15, 0.2) is 0 Å². The number of hydrogen-bond donors (Lipinski definition) is 1. The van der Waals surface area contributed by atoms with Gasteiger partial charge in [-0.2, -0.15) is 0 Å². The van der Waals surface area contributed by atoms with Crippen LogP contribution in [0.2, 0.25) is 0 Å². The largest absolute Gasteiger partial charge is 0.376 e. The summed E-state index contributed by atoms with van der Waals surface area (Å²) < 4.78 is 11.1. The van der Waals surface area contributed by atoms with Crippen molar-refractivity contribution in [3.8, 4) is 0 Å². The molecule has 3 rings (SSSR count). The second kappa shape index (κ2) is 7.31. The molecule has 6 heteroatoms. The molecular formula is C20H33N3O3. The zero-order chi connectivity index (χ0) is 18.9. The molecule has 0 aromatic carbocycles. The monoisotopic (exact) mass is 363 g/mol. The Morgan fingerprint density at radius 1 is 1.38 bits per heavy atom. The van der Waals surface area contributed by atoms with E-state index < -0.39 is 0 Å². The molecule has 0 aliphatic carbocycles. The average molecular weight is 364 g/mol. The topological polar surface area (TPSA) is 67.6 Å². The number of carbonyl (C=O) groups excluding carboxylic acids is 1. The summed E-state index contributed by atoms with van der Waals surface area (Å²) in [6.07, 6.45) is 4.09. The second-order valence-corrected chi connectivity index (χ2v) is 9.44. The van der Waals surface area contributed by atoms with Gasteiger partial charge in [0, 0.05) is 24.6 Å². The van der Waals surface area contributed by atoms with Crippen LogP contribution in [-0.2, 0) is 14.9 Å². The van der Waals surface area contributed by atoms with Crippen molar-refractivity contribution in [2.45, 2.75) is 77.4 Å². The molecule has 3 heterocycles. The summed E-state index contributed by atoms with van der Waals surface area (Å²) in [7, 11) is 0. The molecule has 2 aliphatic heterocycles. The Morgan fingerprint density at radius 2 is 2.15 bits per heavy atom. The molecule has 0 radical (unpaired) electrons. The first-order valence-corrected chi connectivity index (χ1v) is 9.80. The van der Waals surface area contributed by atoms with E-state index in [0.29, 0.717) is 11.8 Å². The highest BCUT2D eigenvalue weighted by atomic mass is 16.5. The van der Waals surface area contributed by atoms with Crippen molar-refractivity contribution in [2.75, 3.05) is 25.0 Å². The number of carbonyl (C=O) groups is 1. The first-order chi connectivity index (χ1) is 12.1. The third kappa shape index (κ3) is 4.65. The lowest BCUT2D eigenvalue weighted by molar-refractivity contribution is -0.121. The fourth-order valence-corrected chi connectivity index (χ4v) is 4.08. The molecule has 2 atom stereocenters. The van der Waals surface area contributed by atoms with E-state index in [4.69, 9.17) is 9.26 Å². The molecule has 2 aliphatic rings. The molecule has 1 aromatic heterocycles. The Morgan fingerprint density at radius 3 is 2.81 bits per heavy atom. The van der Waals surface area contributed by atoms with Gasteiger partial charge in [0.05, 0.1) is 17.3 Å². The predicted octanol–water partition coefficient (Wildman–Crippen LogP) is 3.58. The maximum Gasteiger partial charge on any atom is 0.244 e. The molecule has 0 bridgehead atoms. The molecule has 146 valence electrons. The Kier molecular flexibility index (Phi) is 5.45. The van der Waals surface area contributed by atoms with Gasteiger partial charge >= 0.3 is 0 Å². The average Bonchev–Trinajstić information content (AvgIpc) is 3.15.